The zero-order valence-corrected chi connectivity index (χ0v) is 22.6. The van der Waals surface area contributed by atoms with E-state index in [4.69, 9.17) is 17.3 Å². The van der Waals surface area contributed by atoms with Crippen molar-refractivity contribution in [3.8, 4) is 5.69 Å². The van der Waals surface area contributed by atoms with E-state index < -0.39 is 23.8 Å². The van der Waals surface area contributed by atoms with Crippen molar-refractivity contribution in [2.45, 2.75) is 12.5 Å². The van der Waals surface area contributed by atoms with Gasteiger partial charge in [0, 0.05) is 24.7 Å². The molecule has 1 fully saturated rings. The first kappa shape index (κ1) is 27.4. The first-order chi connectivity index (χ1) is 19.8. The Morgan fingerprint density at radius 1 is 1.10 bits per heavy atom. The van der Waals surface area contributed by atoms with E-state index in [1.54, 1.807) is 37.4 Å². The Morgan fingerprint density at radius 2 is 1.90 bits per heavy atom. The molecule has 1 atom stereocenters. The van der Waals surface area contributed by atoms with Crippen LogP contribution in [0.2, 0.25) is 5.02 Å². The number of rotatable bonds is 8. The van der Waals surface area contributed by atoms with Gasteiger partial charge >= 0.3 is 0 Å². The van der Waals surface area contributed by atoms with Crippen LogP contribution in [-0.4, -0.2) is 80.2 Å². The maximum atomic E-state index is 13.7. The van der Waals surface area contributed by atoms with Gasteiger partial charge in [0.25, 0.3) is 0 Å². The Morgan fingerprint density at radius 3 is 2.63 bits per heavy atom. The molecule has 14 heteroatoms. The number of amides is 3. The lowest BCUT2D eigenvalue weighted by Crippen LogP contribution is -2.60. The summed E-state index contributed by atoms with van der Waals surface area (Å²) in [4.78, 5) is 51.7. The van der Waals surface area contributed by atoms with Crippen molar-refractivity contribution in [1.29, 1.82) is 0 Å². The van der Waals surface area contributed by atoms with Crippen LogP contribution in [0.15, 0.2) is 72.0 Å². The number of hydrogen-bond donors (Lipinski definition) is 2. The summed E-state index contributed by atoms with van der Waals surface area (Å²) in [5.41, 5.74) is 8.38. The molecular weight excluding hydrogens is 548 g/mol. The molecule has 2 aromatic heterocycles. The molecule has 1 aliphatic heterocycles. The van der Waals surface area contributed by atoms with Gasteiger partial charge in [0.15, 0.2) is 0 Å². The van der Waals surface area contributed by atoms with E-state index in [0.717, 1.165) is 5.56 Å². The highest BCUT2D eigenvalue weighted by molar-refractivity contribution is 6.31. The van der Waals surface area contributed by atoms with Crippen molar-refractivity contribution < 1.29 is 14.4 Å². The molecule has 0 bridgehead atoms. The van der Waals surface area contributed by atoms with Crippen LogP contribution < -0.4 is 16.0 Å². The van der Waals surface area contributed by atoms with Gasteiger partial charge in [-0.2, -0.15) is 4.68 Å². The second-order valence-corrected chi connectivity index (χ2v) is 9.58. The summed E-state index contributed by atoms with van der Waals surface area (Å²) in [6, 6.07) is 16.3. The van der Waals surface area contributed by atoms with Gasteiger partial charge in [-0.25, -0.2) is 4.98 Å². The van der Waals surface area contributed by atoms with Gasteiger partial charge in [-0.15, -0.1) is 5.10 Å². The molecule has 0 saturated carbocycles. The van der Waals surface area contributed by atoms with Crippen molar-refractivity contribution >= 4 is 52.7 Å². The van der Waals surface area contributed by atoms with Gasteiger partial charge in [0.05, 0.1) is 17.1 Å². The van der Waals surface area contributed by atoms with Crippen LogP contribution >= 0.6 is 11.6 Å². The summed E-state index contributed by atoms with van der Waals surface area (Å²) in [7, 11) is 1.58. The summed E-state index contributed by atoms with van der Waals surface area (Å²) in [6.45, 7) is -0.654. The summed E-state index contributed by atoms with van der Waals surface area (Å²) in [6.07, 6.45) is 3.03. The lowest BCUT2D eigenvalue weighted by Gasteiger charge is -2.38. The number of carbonyl (C=O) groups excluding carboxylic acids is 3. The van der Waals surface area contributed by atoms with Crippen LogP contribution in [0.1, 0.15) is 11.3 Å². The van der Waals surface area contributed by atoms with Crippen molar-refractivity contribution in [3.05, 3.63) is 83.3 Å². The van der Waals surface area contributed by atoms with Gasteiger partial charge < -0.3 is 16.0 Å². The SMILES string of the molecule is CN=Cc1nc(NC(=O)C(Cc2ccccc2)N2CC(=O)N(c3cc(Cl)ccc3-n3cnnn3)CC2=O)ccc1N. The van der Waals surface area contributed by atoms with Crippen LogP contribution in [0.3, 0.4) is 0 Å². The molecule has 5 rings (SSSR count). The van der Waals surface area contributed by atoms with Crippen LogP contribution in [0.5, 0.6) is 0 Å². The maximum absolute atomic E-state index is 13.7. The third-order valence-electron chi connectivity index (χ3n) is 6.46. The van der Waals surface area contributed by atoms with E-state index in [0.29, 0.717) is 27.8 Å². The minimum Gasteiger partial charge on any atom is -0.397 e. The van der Waals surface area contributed by atoms with E-state index in [-0.39, 0.29) is 25.3 Å². The fourth-order valence-corrected chi connectivity index (χ4v) is 4.65. The van der Waals surface area contributed by atoms with E-state index >= 15 is 0 Å². The Balaban J connectivity index is 1.43. The molecule has 208 valence electrons. The van der Waals surface area contributed by atoms with Crippen molar-refractivity contribution in [2.75, 3.05) is 36.1 Å². The normalized spacial score (nSPS) is 14.5. The summed E-state index contributed by atoms with van der Waals surface area (Å²) in [5, 5.41) is 14.3. The van der Waals surface area contributed by atoms with E-state index in [1.165, 1.54) is 27.0 Å². The summed E-state index contributed by atoms with van der Waals surface area (Å²) < 4.78 is 1.37. The van der Waals surface area contributed by atoms with Crippen LogP contribution in [-0.2, 0) is 20.8 Å². The second-order valence-electron chi connectivity index (χ2n) is 9.14. The number of tetrazole rings is 1. The van der Waals surface area contributed by atoms with Crippen molar-refractivity contribution in [2.24, 2.45) is 4.99 Å². The smallest absolute Gasteiger partial charge is 0.248 e. The Kier molecular flexibility index (Phi) is 7.97. The number of piperazine rings is 1. The molecule has 1 saturated heterocycles. The van der Waals surface area contributed by atoms with E-state index in [1.807, 2.05) is 30.3 Å². The number of benzene rings is 2. The minimum absolute atomic E-state index is 0.178. The average molecular weight is 573 g/mol. The van der Waals surface area contributed by atoms with Gasteiger partial charge in [-0.05, 0) is 46.3 Å². The zero-order valence-electron chi connectivity index (χ0n) is 21.9. The van der Waals surface area contributed by atoms with Crippen molar-refractivity contribution in [1.82, 2.24) is 30.1 Å². The Labute approximate surface area is 239 Å². The van der Waals surface area contributed by atoms with Gasteiger partial charge in [0.2, 0.25) is 17.7 Å². The highest BCUT2D eigenvalue weighted by Gasteiger charge is 2.39. The molecule has 4 aromatic rings. The maximum Gasteiger partial charge on any atom is 0.248 e. The lowest BCUT2D eigenvalue weighted by atomic mass is 10.0. The standard InChI is InChI=1S/C27H25ClN10O3/c1-30-13-20-19(29)8-10-24(32-20)33-27(41)23(11-17-5-3-2-4-6-17)37-15-25(39)36(14-26(37)40)22-12-18(28)7-9-21(22)38-16-31-34-35-38/h2-10,12-13,16,23H,11,14-15,29H2,1H3,(H,32,33,41). The zero-order chi connectivity index (χ0) is 28.9. The molecule has 41 heavy (non-hydrogen) atoms. The first-order valence-corrected chi connectivity index (χ1v) is 12.9. The predicted molar refractivity (Wildman–Crippen MR) is 153 cm³/mol. The van der Waals surface area contributed by atoms with Crippen molar-refractivity contribution in [3.63, 3.8) is 0 Å². The highest BCUT2D eigenvalue weighted by Crippen LogP contribution is 2.30. The summed E-state index contributed by atoms with van der Waals surface area (Å²) in [5.74, 6) is -1.09. The van der Waals surface area contributed by atoms with Gasteiger partial charge in [-0.3, -0.25) is 24.3 Å². The second kappa shape index (κ2) is 11.9. The number of nitrogens with two attached hydrogens (primary N) is 1. The molecule has 0 spiro atoms. The predicted octanol–water partition coefficient (Wildman–Crippen LogP) is 1.77. The number of nitrogens with zero attached hydrogens (tertiary/aromatic N) is 8. The quantitative estimate of drug-likeness (QED) is 0.301. The van der Waals surface area contributed by atoms with Crippen LogP contribution in [0.25, 0.3) is 5.69 Å². The monoisotopic (exact) mass is 572 g/mol. The molecule has 3 heterocycles. The van der Waals surface area contributed by atoms with Crippen LogP contribution in [0.4, 0.5) is 17.2 Å². The molecule has 13 nitrogen and oxygen atoms in total. The largest absolute Gasteiger partial charge is 0.397 e. The molecule has 1 aliphatic rings. The van der Waals surface area contributed by atoms with Crippen LogP contribution in [0, 0.1) is 0 Å². The number of hydrogen-bond acceptors (Lipinski definition) is 9. The number of aliphatic imine (C=N–C) groups is 1. The molecule has 3 N–H and O–H groups in total. The third kappa shape index (κ3) is 6.04. The number of pyridine rings is 1. The highest BCUT2D eigenvalue weighted by atomic mass is 35.5. The number of carbonyl (C=O) groups is 3. The minimum atomic E-state index is -1.00. The van der Waals surface area contributed by atoms with Gasteiger partial charge in [-0.1, -0.05) is 41.9 Å². The molecular formula is C27H25ClN10O3. The number of anilines is 3. The Bertz CT molecular complexity index is 1610. The Hall–Kier alpha value is -5.17. The molecule has 0 aliphatic carbocycles. The number of nitrogens with one attached hydrogen (secondary N) is 1. The molecule has 2 aromatic carbocycles. The number of nitrogen functional groups attached to an aromatic ring is 1. The fraction of sp³-hybridized carbons (Fsp3) is 0.185. The topological polar surface area (TPSA) is 165 Å². The third-order valence-corrected chi connectivity index (χ3v) is 6.69. The molecule has 1 unspecified atom stereocenters. The fourth-order valence-electron chi connectivity index (χ4n) is 4.49. The van der Waals surface area contributed by atoms with E-state index in [9.17, 15) is 14.4 Å². The first-order valence-electron chi connectivity index (χ1n) is 12.5. The summed E-state index contributed by atoms with van der Waals surface area (Å²) >= 11 is 6.24. The van der Waals surface area contributed by atoms with E-state index in [2.05, 4.69) is 30.8 Å². The molecule has 0 radical (unpaired) electrons. The number of aromatic nitrogens is 5. The van der Waals surface area contributed by atoms with Gasteiger partial charge in [0.1, 0.15) is 37.0 Å². The number of halogens is 1. The average Bonchev–Trinajstić information content (AvgIpc) is 3.50. The molecule has 3 amide bonds. The lowest BCUT2D eigenvalue weighted by molar-refractivity contribution is -0.143.